The summed E-state index contributed by atoms with van der Waals surface area (Å²) in [4.78, 5) is 59.1. The molecule has 0 aliphatic rings. The largest absolute Gasteiger partial charge is 0.822 e. The van der Waals surface area contributed by atoms with Crippen LogP contribution in [0.5, 0.6) is 0 Å². The van der Waals surface area contributed by atoms with Crippen LogP contribution in [0.1, 0.15) is 13.8 Å². The first-order valence-electron chi connectivity index (χ1n) is 7.83. The summed E-state index contributed by atoms with van der Waals surface area (Å²) in [6, 6.07) is -0.647. The molecular weight excluding hydrogens is 399 g/mol. The molecule has 0 radical (unpaired) electrons. The molecule has 0 bridgehead atoms. The lowest BCUT2D eigenvalue weighted by Gasteiger charge is -2.36. The molecule has 0 amide bonds. The minimum Gasteiger partial charge on any atom is -0.822 e. The van der Waals surface area contributed by atoms with E-state index in [9.17, 15) is 9.59 Å². The van der Waals surface area contributed by atoms with Crippen molar-refractivity contribution in [1.82, 2.24) is 19.5 Å². The van der Waals surface area contributed by atoms with Crippen molar-refractivity contribution >= 4 is 30.9 Å². The molecule has 5 N–H and O–H groups in total. The molecule has 0 unspecified atom stereocenters. The monoisotopic (exact) mass is 419 g/mol. The zero-order chi connectivity index (χ0) is 21.5. The van der Waals surface area contributed by atoms with Crippen molar-refractivity contribution < 1.29 is 33.5 Å². The van der Waals surface area contributed by atoms with Crippen molar-refractivity contribution in [3.63, 3.8) is 0 Å². The van der Waals surface area contributed by atoms with Gasteiger partial charge in [0.05, 0.1) is 12.9 Å². The SMILES string of the molecule is CC(C)[C@H](N)C(=O)OCCOCn1cnc2c(=O)[nH]c(N)nc21.O=P([O-])([O-])[O-]. The quantitative estimate of drug-likeness (QED) is 0.224. The van der Waals surface area contributed by atoms with Crippen molar-refractivity contribution in [3.8, 4) is 0 Å². The fourth-order valence-corrected chi connectivity index (χ4v) is 1.80. The number of rotatable bonds is 7. The second kappa shape index (κ2) is 10.3. The van der Waals surface area contributed by atoms with E-state index in [1.165, 1.54) is 10.9 Å². The molecule has 0 saturated carbocycles. The average molecular weight is 419 g/mol. The molecular formula is C13H20N6O8P-3. The maximum absolute atomic E-state index is 11.6. The normalized spacial score (nSPS) is 12.5. The summed E-state index contributed by atoms with van der Waals surface area (Å²) >= 11 is 0. The molecule has 0 aliphatic heterocycles. The van der Waals surface area contributed by atoms with Crippen LogP contribution in [0.2, 0.25) is 0 Å². The Labute approximate surface area is 158 Å². The van der Waals surface area contributed by atoms with Gasteiger partial charge in [0.25, 0.3) is 5.56 Å². The van der Waals surface area contributed by atoms with E-state index >= 15 is 0 Å². The van der Waals surface area contributed by atoms with E-state index in [2.05, 4.69) is 15.0 Å². The number of fused-ring (bicyclic) bond motifs is 1. The summed E-state index contributed by atoms with van der Waals surface area (Å²) in [5.74, 6) is -0.450. The third-order valence-corrected chi connectivity index (χ3v) is 3.19. The van der Waals surface area contributed by atoms with E-state index in [4.69, 9.17) is 40.2 Å². The van der Waals surface area contributed by atoms with Crippen molar-refractivity contribution in [2.24, 2.45) is 11.7 Å². The summed E-state index contributed by atoms with van der Waals surface area (Å²) in [5.41, 5.74) is 11.2. The minimum absolute atomic E-state index is 0.000790. The molecule has 2 aromatic heterocycles. The van der Waals surface area contributed by atoms with Gasteiger partial charge >= 0.3 is 5.97 Å². The van der Waals surface area contributed by atoms with Crippen molar-refractivity contribution in [3.05, 3.63) is 16.7 Å². The number of nitrogens with one attached hydrogen (secondary N) is 1. The fourth-order valence-electron chi connectivity index (χ4n) is 1.80. The molecule has 0 aromatic carbocycles. The van der Waals surface area contributed by atoms with Gasteiger partial charge in [0.15, 0.2) is 11.2 Å². The topological polar surface area (TPSA) is 237 Å². The summed E-state index contributed by atoms with van der Waals surface area (Å²) in [5, 5.41) is 0. The maximum Gasteiger partial charge on any atom is 0.323 e. The molecule has 2 aromatic rings. The highest BCUT2D eigenvalue weighted by atomic mass is 31.2. The molecule has 0 aliphatic carbocycles. The van der Waals surface area contributed by atoms with Crippen molar-refractivity contribution in [2.45, 2.75) is 26.6 Å². The lowest BCUT2D eigenvalue weighted by molar-refractivity contribution is -0.432. The van der Waals surface area contributed by atoms with Crippen LogP contribution in [0.4, 0.5) is 5.95 Å². The number of anilines is 1. The Balaban J connectivity index is 0.000000696. The van der Waals surface area contributed by atoms with Crippen LogP contribution >= 0.6 is 7.82 Å². The molecule has 1 atom stereocenters. The first-order valence-corrected chi connectivity index (χ1v) is 9.30. The van der Waals surface area contributed by atoms with Crippen LogP contribution in [-0.4, -0.2) is 44.7 Å². The van der Waals surface area contributed by atoms with Gasteiger partial charge in [0, 0.05) is 0 Å². The summed E-state index contributed by atoms with van der Waals surface area (Å²) in [6.45, 7) is 4.04. The number of carbonyl (C=O) groups is 1. The van der Waals surface area contributed by atoms with Crippen LogP contribution in [-0.2, 0) is 25.6 Å². The Morgan fingerprint density at radius 2 is 1.96 bits per heavy atom. The van der Waals surface area contributed by atoms with Crippen LogP contribution in [0.25, 0.3) is 11.2 Å². The Morgan fingerprint density at radius 3 is 2.54 bits per heavy atom. The number of imidazole rings is 1. The van der Waals surface area contributed by atoms with Crippen molar-refractivity contribution in [1.29, 1.82) is 0 Å². The highest BCUT2D eigenvalue weighted by Gasteiger charge is 2.18. The van der Waals surface area contributed by atoms with Gasteiger partial charge in [-0.3, -0.25) is 19.1 Å². The number of nitrogen functional groups attached to an aromatic ring is 1. The number of H-pyrrole nitrogens is 1. The van der Waals surface area contributed by atoms with Gasteiger partial charge in [-0.15, -0.1) is 0 Å². The van der Waals surface area contributed by atoms with Gasteiger partial charge in [-0.1, -0.05) is 13.8 Å². The second-order valence-corrected chi connectivity index (χ2v) is 6.65. The predicted octanol–water partition coefficient (Wildman–Crippen LogP) is -3.62. The number of ether oxygens (including phenoxy) is 2. The molecule has 0 saturated heterocycles. The maximum atomic E-state index is 11.6. The van der Waals surface area contributed by atoms with E-state index in [0.717, 1.165) is 0 Å². The highest BCUT2D eigenvalue weighted by Crippen LogP contribution is 2.06. The number of carbonyl (C=O) groups excluding carboxylic acids is 1. The number of nitrogens with two attached hydrogens (primary N) is 2. The number of esters is 1. The van der Waals surface area contributed by atoms with E-state index in [1.807, 2.05) is 13.8 Å². The van der Waals surface area contributed by atoms with Crippen LogP contribution in [0.3, 0.4) is 0 Å². The van der Waals surface area contributed by atoms with E-state index in [0.29, 0.717) is 5.65 Å². The summed E-state index contributed by atoms with van der Waals surface area (Å²) < 4.78 is 20.5. The van der Waals surface area contributed by atoms with Gasteiger partial charge in [-0.05, 0) is 5.92 Å². The highest BCUT2D eigenvalue weighted by molar-refractivity contribution is 7.40. The Hall–Kier alpha value is -2.35. The number of aromatic nitrogens is 4. The Bertz CT molecular complexity index is 883. The number of hydrogen-bond donors (Lipinski definition) is 3. The zero-order valence-corrected chi connectivity index (χ0v) is 16.0. The standard InChI is InChI=1S/C13H20N6O4.H3O4P/c1-7(2)8(14)12(21)23-4-3-22-6-19-5-16-9-10(19)17-13(15)18-11(9)20;1-5(2,3)4/h5,7-8H,3-4,6,14H2,1-2H3,(H3,15,17,18,20);(H3,1,2,3,4)/p-3/t8-;/m0./s1. The van der Waals surface area contributed by atoms with E-state index < -0.39 is 25.4 Å². The van der Waals surface area contributed by atoms with Crippen LogP contribution in [0, 0.1) is 5.92 Å². The average Bonchev–Trinajstić information content (AvgIpc) is 2.95. The molecule has 15 heteroatoms. The fraction of sp³-hybridized carbons (Fsp3) is 0.538. The first kappa shape index (κ1) is 23.7. The molecule has 14 nitrogen and oxygen atoms in total. The molecule has 28 heavy (non-hydrogen) atoms. The minimum atomic E-state index is -5.39. The smallest absolute Gasteiger partial charge is 0.323 e. The number of aromatic amines is 1. The van der Waals surface area contributed by atoms with Gasteiger partial charge in [-0.25, -0.2) is 4.98 Å². The van der Waals surface area contributed by atoms with Gasteiger partial charge in [0.2, 0.25) is 5.95 Å². The first-order chi connectivity index (χ1) is 12.9. The van der Waals surface area contributed by atoms with Crippen LogP contribution < -0.4 is 31.7 Å². The van der Waals surface area contributed by atoms with Gasteiger partial charge in [0.1, 0.15) is 19.4 Å². The molecule has 0 spiro atoms. The summed E-state index contributed by atoms with van der Waals surface area (Å²) in [7, 11) is -5.39. The third-order valence-electron chi connectivity index (χ3n) is 3.19. The molecule has 158 valence electrons. The second-order valence-electron chi connectivity index (χ2n) is 5.76. The number of phosphoric acid groups is 1. The predicted molar refractivity (Wildman–Crippen MR) is 89.9 cm³/mol. The van der Waals surface area contributed by atoms with Gasteiger partial charge < -0.3 is 40.2 Å². The molecule has 2 heterocycles. The van der Waals surface area contributed by atoms with E-state index in [-0.39, 0.29) is 37.3 Å². The summed E-state index contributed by atoms with van der Waals surface area (Å²) in [6.07, 6.45) is 1.42. The molecule has 0 fully saturated rings. The third kappa shape index (κ3) is 8.12. The lowest BCUT2D eigenvalue weighted by atomic mass is 10.1. The number of nitrogens with zero attached hydrogens (tertiary/aromatic N) is 3. The zero-order valence-electron chi connectivity index (χ0n) is 15.1. The van der Waals surface area contributed by atoms with Crippen LogP contribution in [0.15, 0.2) is 11.1 Å². The van der Waals surface area contributed by atoms with E-state index in [1.54, 1.807) is 0 Å². The number of hydrogen-bond acceptors (Lipinski definition) is 12. The van der Waals surface area contributed by atoms with Crippen molar-refractivity contribution in [2.75, 3.05) is 18.9 Å². The lowest BCUT2D eigenvalue weighted by Crippen LogP contribution is -2.37. The Morgan fingerprint density at radius 1 is 1.36 bits per heavy atom. The molecule has 2 rings (SSSR count). The van der Waals surface area contributed by atoms with Gasteiger partial charge in [-0.2, -0.15) is 12.8 Å². The Kier molecular flexibility index (Phi) is 8.68.